The molecule has 0 aliphatic heterocycles. The van der Waals surface area contributed by atoms with Crippen LogP contribution in [-0.2, 0) is 14.8 Å². The van der Waals surface area contributed by atoms with Gasteiger partial charge in [-0.3, -0.25) is 10.2 Å². The van der Waals surface area contributed by atoms with E-state index in [4.69, 9.17) is 11.1 Å². The molecular weight excluding hydrogens is 414 g/mol. The van der Waals surface area contributed by atoms with E-state index in [2.05, 4.69) is 10.0 Å². The van der Waals surface area contributed by atoms with Crippen LogP contribution in [0.1, 0.15) is 39.0 Å². The summed E-state index contributed by atoms with van der Waals surface area (Å²) in [5.74, 6) is -0.354. The fourth-order valence-electron chi connectivity index (χ4n) is 3.39. The minimum Gasteiger partial charge on any atom is -0.388 e. The fraction of sp³-hybridized carbons (Fsp3) is 0.455. The molecule has 0 aliphatic rings. The highest BCUT2D eigenvalue weighted by atomic mass is 32.2. The van der Waals surface area contributed by atoms with Crippen LogP contribution in [0, 0.1) is 5.41 Å². The van der Waals surface area contributed by atoms with Gasteiger partial charge in [-0.2, -0.15) is 4.72 Å². The summed E-state index contributed by atoms with van der Waals surface area (Å²) < 4.78 is 29.2. The molecule has 0 saturated carbocycles. The molecule has 0 aromatic heterocycles. The number of sulfonamides is 1. The van der Waals surface area contributed by atoms with Crippen molar-refractivity contribution in [2.45, 2.75) is 50.0 Å². The molecule has 0 radical (unpaired) electrons. The second-order valence-electron chi connectivity index (χ2n) is 7.76. The molecule has 0 fully saturated rings. The Hall–Kier alpha value is -2.65. The van der Waals surface area contributed by atoms with Crippen molar-refractivity contribution in [3.8, 4) is 0 Å². The zero-order chi connectivity index (χ0) is 23.0. The monoisotopic (exact) mass is 447 g/mol. The summed E-state index contributed by atoms with van der Waals surface area (Å²) in [6, 6.07) is 9.71. The molecule has 0 heterocycles. The highest BCUT2D eigenvalue weighted by Crippen LogP contribution is 2.30. The first-order chi connectivity index (χ1) is 14.7. The Balaban J connectivity index is 2.35. The molecule has 0 aliphatic carbocycles. The second kappa shape index (κ2) is 11.1. The number of benzene rings is 2. The van der Waals surface area contributed by atoms with Gasteiger partial charge in [-0.15, -0.1) is 0 Å². The lowest BCUT2D eigenvalue weighted by molar-refractivity contribution is -0.122. The van der Waals surface area contributed by atoms with Crippen LogP contribution >= 0.6 is 0 Å². The third-order valence-electron chi connectivity index (χ3n) is 5.01. The van der Waals surface area contributed by atoms with Crippen molar-refractivity contribution in [3.63, 3.8) is 0 Å². The molecule has 5 N–H and O–H groups in total. The normalized spacial score (nSPS) is 12.5. The van der Waals surface area contributed by atoms with Crippen LogP contribution in [-0.4, -0.2) is 46.8 Å². The van der Waals surface area contributed by atoms with Gasteiger partial charge in [-0.1, -0.05) is 37.6 Å². The number of rotatable bonds is 12. The smallest absolute Gasteiger partial charge is 0.241 e. The molecule has 1 unspecified atom stereocenters. The van der Waals surface area contributed by atoms with Crippen molar-refractivity contribution < 1.29 is 13.2 Å². The molecule has 0 bridgehead atoms. The Bertz CT molecular complexity index is 1020. The van der Waals surface area contributed by atoms with Gasteiger partial charge in [0.25, 0.3) is 0 Å². The first-order valence-electron chi connectivity index (χ1n) is 10.5. The number of anilines is 1. The minimum atomic E-state index is -3.97. The number of amidine groups is 1. The van der Waals surface area contributed by atoms with E-state index in [1.807, 2.05) is 44.1 Å². The van der Waals surface area contributed by atoms with Gasteiger partial charge in [0.2, 0.25) is 15.9 Å². The molecule has 2 aromatic carbocycles. The summed E-state index contributed by atoms with van der Waals surface area (Å²) in [6.45, 7) is 2.50. The molecular formula is C22H33N5O3S. The van der Waals surface area contributed by atoms with E-state index in [-0.39, 0.29) is 23.1 Å². The lowest BCUT2D eigenvalue weighted by atomic mass is 10.1. The Morgan fingerprint density at radius 3 is 2.45 bits per heavy atom. The third kappa shape index (κ3) is 6.67. The number of nitrogens with one attached hydrogen (secondary N) is 3. The number of nitrogens with two attached hydrogens (primary N) is 1. The van der Waals surface area contributed by atoms with Gasteiger partial charge < -0.3 is 16.0 Å². The van der Waals surface area contributed by atoms with Gasteiger partial charge >= 0.3 is 0 Å². The largest absolute Gasteiger partial charge is 0.388 e. The number of hydrogen-bond donors (Lipinski definition) is 4. The van der Waals surface area contributed by atoms with Gasteiger partial charge in [0.05, 0.1) is 10.7 Å². The number of nitrogens with zero attached hydrogens (tertiary/aromatic N) is 1. The van der Waals surface area contributed by atoms with Crippen LogP contribution < -0.4 is 20.7 Å². The summed E-state index contributed by atoms with van der Waals surface area (Å²) in [4.78, 5) is 14.7. The van der Waals surface area contributed by atoms with Crippen LogP contribution in [0.25, 0.3) is 10.8 Å². The summed E-state index contributed by atoms with van der Waals surface area (Å²) >= 11 is 0. The molecule has 2 aromatic rings. The molecule has 0 spiro atoms. The average molecular weight is 448 g/mol. The lowest BCUT2D eigenvalue weighted by Gasteiger charge is -2.20. The van der Waals surface area contributed by atoms with Gasteiger partial charge in [0.15, 0.2) is 0 Å². The van der Waals surface area contributed by atoms with E-state index >= 15 is 0 Å². The summed E-state index contributed by atoms with van der Waals surface area (Å²) in [5, 5.41) is 11.6. The number of unbranched alkanes of at least 4 members (excludes halogenated alkanes) is 1. The van der Waals surface area contributed by atoms with Crippen molar-refractivity contribution in [2.75, 3.05) is 25.5 Å². The predicted molar refractivity (Wildman–Crippen MR) is 126 cm³/mol. The second-order valence-corrected chi connectivity index (χ2v) is 9.44. The zero-order valence-corrected chi connectivity index (χ0v) is 19.3. The summed E-state index contributed by atoms with van der Waals surface area (Å²) in [5.41, 5.74) is 6.32. The Kier molecular flexibility index (Phi) is 8.82. The highest BCUT2D eigenvalue weighted by molar-refractivity contribution is 7.89. The van der Waals surface area contributed by atoms with E-state index < -0.39 is 16.1 Å². The van der Waals surface area contributed by atoms with E-state index in [1.54, 1.807) is 18.2 Å². The van der Waals surface area contributed by atoms with E-state index in [1.165, 1.54) is 0 Å². The predicted octanol–water partition coefficient (Wildman–Crippen LogP) is 2.58. The van der Waals surface area contributed by atoms with E-state index in [0.717, 1.165) is 23.9 Å². The summed E-state index contributed by atoms with van der Waals surface area (Å²) in [6.07, 6.45) is 2.73. The number of fused-ring (bicyclic) bond motifs is 1. The van der Waals surface area contributed by atoms with Crippen LogP contribution in [0.5, 0.6) is 0 Å². The maximum absolute atomic E-state index is 13.3. The topological polar surface area (TPSA) is 128 Å². The van der Waals surface area contributed by atoms with Crippen LogP contribution in [0.3, 0.4) is 0 Å². The van der Waals surface area contributed by atoms with Crippen molar-refractivity contribution in [2.24, 2.45) is 5.73 Å². The Morgan fingerprint density at radius 1 is 1.13 bits per heavy atom. The van der Waals surface area contributed by atoms with E-state index in [9.17, 15) is 13.2 Å². The first-order valence-corrected chi connectivity index (χ1v) is 12.0. The van der Waals surface area contributed by atoms with Crippen molar-refractivity contribution in [3.05, 3.63) is 36.4 Å². The molecule has 170 valence electrons. The van der Waals surface area contributed by atoms with Crippen molar-refractivity contribution in [1.82, 2.24) is 10.0 Å². The molecule has 0 saturated heterocycles. The number of carbonyl (C=O) groups excluding carboxylic acids is 1. The maximum Gasteiger partial charge on any atom is 0.241 e. The maximum atomic E-state index is 13.3. The van der Waals surface area contributed by atoms with Gasteiger partial charge in [0, 0.05) is 43.5 Å². The zero-order valence-electron chi connectivity index (χ0n) is 18.4. The van der Waals surface area contributed by atoms with Gasteiger partial charge in [0.1, 0.15) is 6.04 Å². The van der Waals surface area contributed by atoms with Crippen LogP contribution in [0.15, 0.2) is 41.3 Å². The Morgan fingerprint density at radius 2 is 1.81 bits per heavy atom. The Labute approximate surface area is 184 Å². The molecule has 8 nitrogen and oxygen atoms in total. The first kappa shape index (κ1) is 24.6. The quantitative estimate of drug-likeness (QED) is 0.226. The lowest BCUT2D eigenvalue weighted by Crippen LogP contribution is -2.47. The standard InChI is InChI=1S/C22H33N5O3S/c1-4-5-15-25-22(28)18(11-8-14-21(23)24)26-31(29,30)20-13-7-9-16-17(20)10-6-12-19(16)27(2)3/h6-7,9-10,12-13,18,26H,4-5,8,11,14-15H2,1-3H3,(H3,23,24)(H,25,28). The van der Waals surface area contributed by atoms with Crippen LogP contribution in [0.4, 0.5) is 5.69 Å². The SMILES string of the molecule is CCCCNC(=O)C(CCCC(=N)N)NS(=O)(=O)c1cccc2c(N(C)C)cccc12. The average Bonchev–Trinajstić information content (AvgIpc) is 2.71. The third-order valence-corrected chi connectivity index (χ3v) is 6.54. The molecule has 1 amide bonds. The highest BCUT2D eigenvalue weighted by Gasteiger charge is 2.27. The molecule has 31 heavy (non-hydrogen) atoms. The van der Waals surface area contributed by atoms with Gasteiger partial charge in [-0.05, 0) is 31.4 Å². The molecule has 2 rings (SSSR count). The number of hydrogen-bond acceptors (Lipinski definition) is 5. The van der Waals surface area contributed by atoms with Gasteiger partial charge in [-0.25, -0.2) is 8.42 Å². The summed E-state index contributed by atoms with van der Waals surface area (Å²) in [7, 11) is -0.164. The number of amides is 1. The van der Waals surface area contributed by atoms with Crippen molar-refractivity contribution >= 4 is 38.2 Å². The molecule has 9 heteroatoms. The fourth-order valence-corrected chi connectivity index (χ4v) is 4.84. The van der Waals surface area contributed by atoms with Crippen molar-refractivity contribution in [1.29, 1.82) is 5.41 Å². The molecule has 1 atom stereocenters. The van der Waals surface area contributed by atoms with Crippen LogP contribution in [0.2, 0.25) is 0 Å². The number of carbonyl (C=O) groups is 1. The minimum absolute atomic E-state index is 0.0123. The van der Waals surface area contributed by atoms with E-state index in [0.29, 0.717) is 24.8 Å².